The maximum absolute atomic E-state index is 11.9. The van der Waals surface area contributed by atoms with Crippen LogP contribution in [0.2, 0.25) is 0 Å². The van der Waals surface area contributed by atoms with E-state index in [4.69, 9.17) is 5.11 Å². The smallest absolute Gasteiger partial charge is 0.327 e. The van der Waals surface area contributed by atoms with Crippen molar-refractivity contribution in [1.29, 1.82) is 0 Å². The lowest BCUT2D eigenvalue weighted by Gasteiger charge is -2.25. The van der Waals surface area contributed by atoms with Crippen molar-refractivity contribution < 1.29 is 14.7 Å². The zero-order valence-electron chi connectivity index (χ0n) is 9.18. The number of amides is 1. The molecule has 16 heavy (non-hydrogen) atoms. The van der Waals surface area contributed by atoms with E-state index in [0.717, 1.165) is 12.8 Å². The van der Waals surface area contributed by atoms with Gasteiger partial charge in [-0.3, -0.25) is 4.79 Å². The standard InChI is InChI=1S/C10H16N2O3S/c1-6-12(8(5-16-6)10(14)15)9(13)4-11-7-2-3-7/h6-8,11H,2-5H2,1H3,(H,14,15). The van der Waals surface area contributed by atoms with Crippen LogP contribution >= 0.6 is 11.8 Å². The van der Waals surface area contributed by atoms with Crippen LogP contribution in [0.1, 0.15) is 19.8 Å². The van der Waals surface area contributed by atoms with Gasteiger partial charge in [-0.15, -0.1) is 11.8 Å². The third-order valence-corrected chi connectivity index (χ3v) is 4.13. The Labute approximate surface area is 98.6 Å². The fraction of sp³-hybridized carbons (Fsp3) is 0.800. The first kappa shape index (κ1) is 11.7. The second-order valence-corrected chi connectivity index (χ2v) is 5.59. The van der Waals surface area contributed by atoms with Gasteiger partial charge >= 0.3 is 5.97 Å². The van der Waals surface area contributed by atoms with Gasteiger partial charge in [-0.05, 0) is 19.8 Å². The van der Waals surface area contributed by atoms with Crippen molar-refractivity contribution in [3.63, 3.8) is 0 Å². The summed E-state index contributed by atoms with van der Waals surface area (Å²) in [6.07, 6.45) is 2.25. The van der Waals surface area contributed by atoms with E-state index in [1.165, 1.54) is 16.7 Å². The third-order valence-electron chi connectivity index (χ3n) is 2.92. The second kappa shape index (κ2) is 4.63. The highest BCUT2D eigenvalue weighted by Crippen LogP contribution is 2.28. The van der Waals surface area contributed by atoms with Crippen molar-refractivity contribution in [3.05, 3.63) is 0 Å². The number of hydrogen-bond donors (Lipinski definition) is 2. The zero-order valence-corrected chi connectivity index (χ0v) is 10.00. The quantitative estimate of drug-likeness (QED) is 0.734. The molecular formula is C10H16N2O3S. The summed E-state index contributed by atoms with van der Waals surface area (Å²) in [7, 11) is 0. The Hall–Kier alpha value is -0.750. The number of carboxylic acid groups (broad SMARTS) is 1. The molecule has 6 heteroatoms. The second-order valence-electron chi connectivity index (χ2n) is 4.24. The summed E-state index contributed by atoms with van der Waals surface area (Å²) in [5.74, 6) is -0.514. The molecule has 1 saturated carbocycles. The number of nitrogens with zero attached hydrogens (tertiary/aromatic N) is 1. The summed E-state index contributed by atoms with van der Waals surface area (Å²) in [5, 5.41) is 12.1. The van der Waals surface area contributed by atoms with E-state index in [2.05, 4.69) is 5.32 Å². The maximum atomic E-state index is 11.9. The van der Waals surface area contributed by atoms with E-state index in [1.54, 1.807) is 0 Å². The summed E-state index contributed by atoms with van der Waals surface area (Å²) in [6, 6.07) is -0.189. The first-order valence-corrected chi connectivity index (χ1v) is 6.53. The molecule has 1 aliphatic heterocycles. The highest BCUT2D eigenvalue weighted by Gasteiger charge is 2.39. The predicted molar refractivity (Wildman–Crippen MR) is 61.2 cm³/mol. The Morgan fingerprint density at radius 3 is 2.75 bits per heavy atom. The molecule has 1 amide bonds. The van der Waals surface area contributed by atoms with E-state index in [1.807, 2.05) is 6.92 Å². The zero-order chi connectivity index (χ0) is 11.7. The van der Waals surface area contributed by atoms with E-state index in [0.29, 0.717) is 11.8 Å². The number of nitrogens with one attached hydrogen (secondary N) is 1. The van der Waals surface area contributed by atoms with Crippen molar-refractivity contribution in [2.24, 2.45) is 0 Å². The molecular weight excluding hydrogens is 228 g/mol. The molecule has 90 valence electrons. The van der Waals surface area contributed by atoms with E-state index in [9.17, 15) is 9.59 Å². The lowest BCUT2D eigenvalue weighted by atomic mass is 10.2. The monoisotopic (exact) mass is 244 g/mol. The third kappa shape index (κ3) is 2.49. The average Bonchev–Trinajstić information content (AvgIpc) is 2.97. The van der Waals surface area contributed by atoms with Crippen LogP contribution in [0, 0.1) is 0 Å². The molecule has 0 aromatic heterocycles. The summed E-state index contributed by atoms with van der Waals surface area (Å²) >= 11 is 1.52. The van der Waals surface area contributed by atoms with Crippen LogP contribution in [0.3, 0.4) is 0 Å². The number of hydrogen-bond acceptors (Lipinski definition) is 4. The summed E-state index contributed by atoms with van der Waals surface area (Å²) in [5.41, 5.74) is 0. The summed E-state index contributed by atoms with van der Waals surface area (Å²) in [6.45, 7) is 2.14. The van der Waals surface area contributed by atoms with Gasteiger partial charge in [0.05, 0.1) is 11.9 Å². The number of carbonyl (C=O) groups excluding carboxylic acids is 1. The van der Waals surface area contributed by atoms with Gasteiger partial charge in [0.2, 0.25) is 5.91 Å². The van der Waals surface area contributed by atoms with E-state index < -0.39 is 12.0 Å². The first-order valence-electron chi connectivity index (χ1n) is 5.48. The van der Waals surface area contributed by atoms with E-state index >= 15 is 0 Å². The molecule has 2 fully saturated rings. The van der Waals surface area contributed by atoms with Crippen molar-refractivity contribution >= 4 is 23.6 Å². The van der Waals surface area contributed by atoms with Gasteiger partial charge < -0.3 is 15.3 Å². The van der Waals surface area contributed by atoms with Gasteiger partial charge in [0.1, 0.15) is 6.04 Å². The van der Waals surface area contributed by atoms with Crippen molar-refractivity contribution in [2.45, 2.75) is 37.2 Å². The van der Waals surface area contributed by atoms with Gasteiger partial charge in [-0.1, -0.05) is 0 Å². The largest absolute Gasteiger partial charge is 0.480 e. The molecule has 2 aliphatic rings. The molecule has 5 nitrogen and oxygen atoms in total. The van der Waals surface area contributed by atoms with Crippen molar-refractivity contribution in [1.82, 2.24) is 10.2 Å². The number of carboxylic acids is 1. The van der Waals surface area contributed by atoms with Gasteiger partial charge in [-0.25, -0.2) is 4.79 Å². The SMILES string of the molecule is CC1SCC(C(=O)O)N1C(=O)CNC1CC1. The highest BCUT2D eigenvalue weighted by atomic mass is 32.2. The average molecular weight is 244 g/mol. The van der Waals surface area contributed by atoms with Gasteiger partial charge in [-0.2, -0.15) is 0 Å². The molecule has 2 N–H and O–H groups in total. The molecule has 2 rings (SSSR count). The lowest BCUT2D eigenvalue weighted by molar-refractivity contribution is -0.148. The number of carbonyl (C=O) groups is 2. The summed E-state index contributed by atoms with van der Waals surface area (Å²) in [4.78, 5) is 24.4. The van der Waals surface area contributed by atoms with Gasteiger partial charge in [0, 0.05) is 11.8 Å². The fourth-order valence-electron chi connectivity index (χ4n) is 1.82. The summed E-state index contributed by atoms with van der Waals surface area (Å²) < 4.78 is 0. The van der Waals surface area contributed by atoms with Crippen molar-refractivity contribution in [3.8, 4) is 0 Å². The lowest BCUT2D eigenvalue weighted by Crippen LogP contribution is -2.48. The number of rotatable bonds is 4. The first-order chi connectivity index (χ1) is 7.59. The molecule has 0 bridgehead atoms. The Bertz CT molecular complexity index is 306. The van der Waals surface area contributed by atoms with Crippen LogP contribution in [0.15, 0.2) is 0 Å². The topological polar surface area (TPSA) is 69.6 Å². The Morgan fingerprint density at radius 1 is 1.50 bits per heavy atom. The molecule has 1 heterocycles. The maximum Gasteiger partial charge on any atom is 0.327 e. The van der Waals surface area contributed by atoms with Crippen LogP contribution < -0.4 is 5.32 Å². The number of aliphatic carboxylic acids is 1. The minimum atomic E-state index is -0.906. The molecule has 0 aromatic carbocycles. The van der Waals surface area contributed by atoms with Crippen LogP contribution in [0.4, 0.5) is 0 Å². The molecule has 0 aromatic rings. The van der Waals surface area contributed by atoms with Gasteiger partial charge in [0.25, 0.3) is 0 Å². The number of thioether (sulfide) groups is 1. The molecule has 1 saturated heterocycles. The predicted octanol–water partition coefficient (Wildman–Crippen LogP) is 0.113. The molecule has 0 radical (unpaired) electrons. The fourth-order valence-corrected chi connectivity index (χ4v) is 3.01. The van der Waals surface area contributed by atoms with Crippen LogP contribution in [0.25, 0.3) is 0 Å². The molecule has 0 spiro atoms. The minimum absolute atomic E-state index is 0.0328. The molecule has 1 aliphatic carbocycles. The normalized spacial score (nSPS) is 29.4. The minimum Gasteiger partial charge on any atom is -0.480 e. The van der Waals surface area contributed by atoms with Crippen LogP contribution in [0.5, 0.6) is 0 Å². The molecule has 2 unspecified atom stereocenters. The van der Waals surface area contributed by atoms with Crippen molar-refractivity contribution in [2.75, 3.05) is 12.3 Å². The highest BCUT2D eigenvalue weighted by molar-refractivity contribution is 8.00. The van der Waals surface area contributed by atoms with Gasteiger partial charge in [0.15, 0.2) is 0 Å². The van der Waals surface area contributed by atoms with Crippen LogP contribution in [-0.4, -0.2) is 51.6 Å². The Morgan fingerprint density at radius 2 is 2.19 bits per heavy atom. The molecule has 2 atom stereocenters. The Kier molecular flexibility index (Phi) is 3.39. The Balaban J connectivity index is 1.92. The van der Waals surface area contributed by atoms with E-state index in [-0.39, 0.29) is 17.8 Å². The van der Waals surface area contributed by atoms with Crippen LogP contribution in [-0.2, 0) is 9.59 Å².